The van der Waals surface area contributed by atoms with Gasteiger partial charge in [-0.2, -0.15) is 0 Å². The van der Waals surface area contributed by atoms with Gasteiger partial charge in [0.1, 0.15) is 5.76 Å². The maximum atomic E-state index is 12.5. The Hall–Kier alpha value is -1.69. The van der Waals surface area contributed by atoms with Gasteiger partial charge in [0, 0.05) is 42.6 Å². The molecule has 1 aliphatic heterocycles. The van der Waals surface area contributed by atoms with Gasteiger partial charge in [0.2, 0.25) is 5.91 Å². The third-order valence-electron chi connectivity index (χ3n) is 4.34. The maximum absolute atomic E-state index is 12.5. The zero-order valence-electron chi connectivity index (χ0n) is 13.0. The van der Waals surface area contributed by atoms with Crippen LogP contribution in [0, 0.1) is 13.8 Å². The van der Waals surface area contributed by atoms with Gasteiger partial charge >= 0.3 is 0 Å². The largest absolute Gasteiger partial charge is 0.361 e. The molecule has 1 atom stereocenters. The highest BCUT2D eigenvalue weighted by molar-refractivity contribution is 7.09. The van der Waals surface area contributed by atoms with E-state index in [0.29, 0.717) is 18.8 Å². The van der Waals surface area contributed by atoms with Crippen LogP contribution >= 0.6 is 11.3 Å². The molecule has 1 fully saturated rings. The lowest BCUT2D eigenvalue weighted by Crippen LogP contribution is -2.39. The van der Waals surface area contributed by atoms with Crippen LogP contribution in [0.15, 0.2) is 16.1 Å². The van der Waals surface area contributed by atoms with Crippen molar-refractivity contribution >= 4 is 17.2 Å². The summed E-state index contributed by atoms with van der Waals surface area (Å²) in [6.07, 6.45) is 5.26. The fraction of sp³-hybridized carbons (Fsp3) is 0.562. The van der Waals surface area contributed by atoms with E-state index < -0.39 is 0 Å². The summed E-state index contributed by atoms with van der Waals surface area (Å²) in [5.74, 6) is 1.45. The Morgan fingerprint density at radius 1 is 1.50 bits per heavy atom. The van der Waals surface area contributed by atoms with Crippen LogP contribution < -0.4 is 0 Å². The Kier molecular flexibility index (Phi) is 4.57. The van der Waals surface area contributed by atoms with Gasteiger partial charge in [-0.1, -0.05) is 5.16 Å². The summed E-state index contributed by atoms with van der Waals surface area (Å²) in [7, 11) is 0. The number of amides is 1. The summed E-state index contributed by atoms with van der Waals surface area (Å²) >= 11 is 1.69. The molecule has 0 radical (unpaired) electrons. The first kappa shape index (κ1) is 15.2. The molecule has 0 unspecified atom stereocenters. The van der Waals surface area contributed by atoms with Crippen LogP contribution in [0.4, 0.5) is 0 Å². The first-order chi connectivity index (χ1) is 10.6. The summed E-state index contributed by atoms with van der Waals surface area (Å²) in [6.45, 7) is 5.49. The standard InChI is InChI=1S/C16H21N3O2S/c1-11-14(12(2)21-18-11)5-6-15(20)19-8-3-4-13(10-19)16-17-7-9-22-16/h7,9,13H,3-6,8,10H2,1-2H3/t13-/m0/s1. The number of nitrogens with zero attached hydrogens (tertiary/aromatic N) is 3. The van der Waals surface area contributed by atoms with Gasteiger partial charge < -0.3 is 9.42 Å². The van der Waals surface area contributed by atoms with Crippen LogP contribution in [-0.2, 0) is 11.2 Å². The van der Waals surface area contributed by atoms with Crippen molar-refractivity contribution in [2.75, 3.05) is 13.1 Å². The van der Waals surface area contributed by atoms with Crippen molar-refractivity contribution in [2.24, 2.45) is 0 Å². The average Bonchev–Trinajstić information content (AvgIpc) is 3.16. The molecule has 0 aromatic carbocycles. The summed E-state index contributed by atoms with van der Waals surface area (Å²) in [5, 5.41) is 7.11. The van der Waals surface area contributed by atoms with Crippen LogP contribution in [0.5, 0.6) is 0 Å². The third kappa shape index (κ3) is 3.21. The molecule has 5 nitrogen and oxygen atoms in total. The number of carbonyl (C=O) groups is 1. The zero-order chi connectivity index (χ0) is 15.5. The summed E-state index contributed by atoms with van der Waals surface area (Å²) in [6, 6.07) is 0. The Morgan fingerprint density at radius 2 is 2.36 bits per heavy atom. The first-order valence-electron chi connectivity index (χ1n) is 7.74. The lowest BCUT2D eigenvalue weighted by Gasteiger charge is -2.32. The average molecular weight is 319 g/mol. The molecule has 0 spiro atoms. The normalized spacial score (nSPS) is 18.6. The Labute approximate surface area is 134 Å². The minimum Gasteiger partial charge on any atom is -0.361 e. The number of piperidine rings is 1. The molecular formula is C16H21N3O2S. The highest BCUT2D eigenvalue weighted by Gasteiger charge is 2.26. The van der Waals surface area contributed by atoms with E-state index in [4.69, 9.17) is 4.52 Å². The first-order valence-corrected chi connectivity index (χ1v) is 8.62. The maximum Gasteiger partial charge on any atom is 0.222 e. The van der Waals surface area contributed by atoms with Crippen molar-refractivity contribution in [3.8, 4) is 0 Å². The summed E-state index contributed by atoms with van der Waals surface area (Å²) in [5.41, 5.74) is 1.96. The molecule has 1 saturated heterocycles. The fourth-order valence-electron chi connectivity index (χ4n) is 3.09. The van der Waals surface area contributed by atoms with Gasteiger partial charge in [-0.05, 0) is 33.1 Å². The number of rotatable bonds is 4. The predicted octanol–water partition coefficient (Wildman–Crippen LogP) is 3.09. The number of hydrogen-bond acceptors (Lipinski definition) is 5. The Balaban J connectivity index is 1.58. The van der Waals surface area contributed by atoms with Crippen molar-refractivity contribution < 1.29 is 9.32 Å². The second kappa shape index (κ2) is 6.60. The van der Waals surface area contributed by atoms with Crippen LogP contribution in [0.1, 0.15) is 47.2 Å². The van der Waals surface area contributed by atoms with E-state index >= 15 is 0 Å². The number of aryl methyl sites for hydroxylation is 2. The second-order valence-electron chi connectivity index (χ2n) is 5.85. The van der Waals surface area contributed by atoms with Gasteiger partial charge in [0.25, 0.3) is 0 Å². The van der Waals surface area contributed by atoms with Crippen molar-refractivity contribution in [1.29, 1.82) is 0 Å². The Morgan fingerprint density at radius 3 is 3.05 bits per heavy atom. The lowest BCUT2D eigenvalue weighted by atomic mass is 9.98. The molecule has 0 N–H and O–H groups in total. The number of thiazole rings is 1. The Bertz CT molecular complexity index is 616. The minimum absolute atomic E-state index is 0.223. The van der Waals surface area contributed by atoms with Gasteiger partial charge in [-0.15, -0.1) is 11.3 Å². The van der Waals surface area contributed by atoms with Crippen LogP contribution in [0.2, 0.25) is 0 Å². The molecule has 1 aliphatic rings. The zero-order valence-corrected chi connectivity index (χ0v) is 13.9. The summed E-state index contributed by atoms with van der Waals surface area (Å²) in [4.78, 5) is 18.9. The predicted molar refractivity (Wildman–Crippen MR) is 85.0 cm³/mol. The smallest absolute Gasteiger partial charge is 0.222 e. The molecule has 1 amide bonds. The minimum atomic E-state index is 0.223. The van der Waals surface area contributed by atoms with E-state index in [1.165, 1.54) is 0 Å². The lowest BCUT2D eigenvalue weighted by molar-refractivity contribution is -0.132. The fourth-order valence-corrected chi connectivity index (χ4v) is 3.86. The van der Waals surface area contributed by atoms with Crippen molar-refractivity contribution in [3.05, 3.63) is 33.6 Å². The molecule has 22 heavy (non-hydrogen) atoms. The van der Waals surface area contributed by atoms with E-state index in [-0.39, 0.29) is 5.91 Å². The molecule has 0 bridgehead atoms. The molecule has 0 saturated carbocycles. The van der Waals surface area contributed by atoms with Crippen LogP contribution in [0.3, 0.4) is 0 Å². The van der Waals surface area contributed by atoms with E-state index in [9.17, 15) is 4.79 Å². The highest BCUT2D eigenvalue weighted by Crippen LogP contribution is 2.28. The molecular weight excluding hydrogens is 298 g/mol. The molecule has 6 heteroatoms. The number of carbonyl (C=O) groups excluding carboxylic acids is 1. The van der Waals surface area contributed by atoms with Gasteiger partial charge in [0.15, 0.2) is 0 Å². The van der Waals surface area contributed by atoms with Gasteiger partial charge in [-0.25, -0.2) is 4.98 Å². The molecule has 118 valence electrons. The van der Waals surface area contributed by atoms with Gasteiger partial charge in [0.05, 0.1) is 10.7 Å². The van der Waals surface area contributed by atoms with E-state index in [0.717, 1.165) is 48.0 Å². The van der Waals surface area contributed by atoms with E-state index in [2.05, 4.69) is 10.1 Å². The third-order valence-corrected chi connectivity index (χ3v) is 5.28. The number of aromatic nitrogens is 2. The topological polar surface area (TPSA) is 59.2 Å². The number of hydrogen-bond donors (Lipinski definition) is 0. The van der Waals surface area contributed by atoms with Crippen LogP contribution in [-0.4, -0.2) is 34.0 Å². The van der Waals surface area contributed by atoms with E-state index in [1.807, 2.05) is 30.3 Å². The van der Waals surface area contributed by atoms with Gasteiger partial charge in [-0.3, -0.25) is 4.79 Å². The van der Waals surface area contributed by atoms with E-state index in [1.54, 1.807) is 11.3 Å². The van der Waals surface area contributed by atoms with Crippen molar-refractivity contribution in [2.45, 2.75) is 45.4 Å². The molecule has 3 rings (SSSR count). The molecule has 2 aromatic rings. The molecule has 0 aliphatic carbocycles. The quantitative estimate of drug-likeness (QED) is 0.869. The van der Waals surface area contributed by atoms with Crippen molar-refractivity contribution in [3.63, 3.8) is 0 Å². The second-order valence-corrected chi connectivity index (χ2v) is 6.78. The molecule has 2 aromatic heterocycles. The van der Waals surface area contributed by atoms with Crippen molar-refractivity contribution in [1.82, 2.24) is 15.0 Å². The molecule has 3 heterocycles. The highest BCUT2D eigenvalue weighted by atomic mass is 32.1. The number of likely N-dealkylation sites (tertiary alicyclic amines) is 1. The summed E-state index contributed by atoms with van der Waals surface area (Å²) < 4.78 is 5.16. The van der Waals surface area contributed by atoms with Crippen LogP contribution in [0.25, 0.3) is 0 Å². The monoisotopic (exact) mass is 319 g/mol. The SMILES string of the molecule is Cc1noc(C)c1CCC(=O)N1CCC[C@H](c2nccs2)C1.